The number of amides is 1. The molecule has 0 spiro atoms. The number of carboxylic acid groups (broad SMARTS) is 1. The Kier molecular flexibility index (Phi) is 3.83. The maximum atomic E-state index is 13.9. The molecule has 102 valence electrons. The molecule has 0 bridgehead atoms. The quantitative estimate of drug-likeness (QED) is 0.911. The SMILES string of the molecule is Cc1cccc(C(=O)N2CCCC2CC(=O)O)c1F. The lowest BCUT2D eigenvalue weighted by atomic mass is 10.1. The number of hydrogen-bond acceptors (Lipinski definition) is 2. The number of aliphatic carboxylic acids is 1. The molecule has 5 heteroatoms. The Morgan fingerprint density at radius 2 is 2.21 bits per heavy atom. The molecule has 1 aliphatic heterocycles. The summed E-state index contributed by atoms with van der Waals surface area (Å²) < 4.78 is 13.9. The molecule has 0 saturated carbocycles. The van der Waals surface area contributed by atoms with Crippen LogP contribution < -0.4 is 0 Å². The Balaban J connectivity index is 2.23. The molecule has 1 heterocycles. The van der Waals surface area contributed by atoms with Crippen molar-refractivity contribution in [2.75, 3.05) is 6.54 Å². The minimum Gasteiger partial charge on any atom is -0.481 e. The molecule has 2 rings (SSSR count). The summed E-state index contributed by atoms with van der Waals surface area (Å²) in [6.07, 6.45) is 1.34. The Labute approximate surface area is 110 Å². The van der Waals surface area contributed by atoms with E-state index in [4.69, 9.17) is 5.11 Å². The first-order chi connectivity index (χ1) is 9.00. The smallest absolute Gasteiger partial charge is 0.305 e. The molecule has 1 unspecified atom stereocenters. The van der Waals surface area contributed by atoms with Gasteiger partial charge in [0.25, 0.3) is 5.91 Å². The van der Waals surface area contributed by atoms with Crippen LogP contribution in [0.1, 0.15) is 35.2 Å². The van der Waals surface area contributed by atoms with Gasteiger partial charge in [0.15, 0.2) is 0 Å². The minimum absolute atomic E-state index is 0.0253. The van der Waals surface area contributed by atoms with Crippen LogP contribution in [0.2, 0.25) is 0 Å². The van der Waals surface area contributed by atoms with E-state index >= 15 is 0 Å². The number of likely N-dealkylation sites (tertiary alicyclic amines) is 1. The first-order valence-electron chi connectivity index (χ1n) is 6.28. The number of carbonyl (C=O) groups is 2. The molecule has 19 heavy (non-hydrogen) atoms. The van der Waals surface area contributed by atoms with E-state index in [2.05, 4.69) is 0 Å². The highest BCUT2D eigenvalue weighted by molar-refractivity contribution is 5.95. The summed E-state index contributed by atoms with van der Waals surface area (Å²) in [6, 6.07) is 4.35. The zero-order valence-corrected chi connectivity index (χ0v) is 10.7. The summed E-state index contributed by atoms with van der Waals surface area (Å²) in [5, 5.41) is 8.83. The fourth-order valence-corrected chi connectivity index (χ4v) is 2.48. The van der Waals surface area contributed by atoms with Crippen molar-refractivity contribution < 1.29 is 19.1 Å². The summed E-state index contributed by atoms with van der Waals surface area (Å²) in [5.41, 5.74) is 0.442. The van der Waals surface area contributed by atoms with Crippen LogP contribution >= 0.6 is 0 Å². The zero-order valence-electron chi connectivity index (χ0n) is 10.7. The largest absolute Gasteiger partial charge is 0.481 e. The molecule has 4 nitrogen and oxygen atoms in total. The number of nitrogens with zero attached hydrogens (tertiary/aromatic N) is 1. The molecular weight excluding hydrogens is 249 g/mol. The molecule has 1 aromatic rings. The van der Waals surface area contributed by atoms with Crippen molar-refractivity contribution in [1.82, 2.24) is 4.90 Å². The van der Waals surface area contributed by atoms with E-state index in [1.807, 2.05) is 0 Å². The van der Waals surface area contributed by atoms with E-state index in [0.717, 1.165) is 6.42 Å². The van der Waals surface area contributed by atoms with E-state index in [1.54, 1.807) is 19.1 Å². The summed E-state index contributed by atoms with van der Waals surface area (Å²) in [6.45, 7) is 2.09. The number of rotatable bonds is 3. The molecule has 1 fully saturated rings. The monoisotopic (exact) mass is 265 g/mol. The highest BCUT2D eigenvalue weighted by Crippen LogP contribution is 2.24. The second kappa shape index (κ2) is 5.38. The Bertz CT molecular complexity index is 515. The third-order valence-electron chi connectivity index (χ3n) is 3.47. The first-order valence-corrected chi connectivity index (χ1v) is 6.28. The summed E-state index contributed by atoms with van der Waals surface area (Å²) >= 11 is 0. The van der Waals surface area contributed by atoms with Gasteiger partial charge in [-0.3, -0.25) is 9.59 Å². The third-order valence-corrected chi connectivity index (χ3v) is 3.47. The van der Waals surface area contributed by atoms with Crippen LogP contribution in [-0.4, -0.2) is 34.5 Å². The van der Waals surface area contributed by atoms with Crippen LogP contribution in [0.25, 0.3) is 0 Å². The molecule has 1 saturated heterocycles. The van der Waals surface area contributed by atoms with Crippen molar-refractivity contribution in [3.8, 4) is 0 Å². The second-order valence-corrected chi connectivity index (χ2v) is 4.83. The predicted molar refractivity (Wildman–Crippen MR) is 67.4 cm³/mol. The average Bonchev–Trinajstić information content (AvgIpc) is 2.79. The van der Waals surface area contributed by atoms with Crippen molar-refractivity contribution >= 4 is 11.9 Å². The lowest BCUT2D eigenvalue weighted by Gasteiger charge is -2.24. The van der Waals surface area contributed by atoms with E-state index in [-0.39, 0.29) is 18.0 Å². The molecule has 0 radical (unpaired) electrons. The van der Waals surface area contributed by atoms with E-state index in [9.17, 15) is 14.0 Å². The van der Waals surface area contributed by atoms with Gasteiger partial charge in [0, 0.05) is 12.6 Å². The molecular formula is C14H16FNO3. The Morgan fingerprint density at radius 3 is 2.89 bits per heavy atom. The number of carboxylic acids is 1. The highest BCUT2D eigenvalue weighted by atomic mass is 19.1. The second-order valence-electron chi connectivity index (χ2n) is 4.83. The van der Waals surface area contributed by atoms with Crippen molar-refractivity contribution in [1.29, 1.82) is 0 Å². The number of hydrogen-bond donors (Lipinski definition) is 1. The van der Waals surface area contributed by atoms with Gasteiger partial charge < -0.3 is 10.0 Å². The van der Waals surface area contributed by atoms with Crippen molar-refractivity contribution in [2.24, 2.45) is 0 Å². The fraction of sp³-hybridized carbons (Fsp3) is 0.429. The topological polar surface area (TPSA) is 57.6 Å². The number of halogens is 1. The van der Waals surface area contributed by atoms with Crippen LogP contribution in [0.5, 0.6) is 0 Å². The van der Waals surface area contributed by atoms with Crippen LogP contribution in [0.3, 0.4) is 0 Å². The standard InChI is InChI=1S/C14H16FNO3/c1-9-4-2-6-11(13(9)15)14(19)16-7-3-5-10(16)8-12(17)18/h2,4,6,10H,3,5,7-8H2,1H3,(H,17,18). The van der Waals surface area contributed by atoms with Gasteiger partial charge in [-0.15, -0.1) is 0 Å². The fourth-order valence-electron chi connectivity index (χ4n) is 2.48. The Morgan fingerprint density at radius 1 is 1.47 bits per heavy atom. The van der Waals surface area contributed by atoms with Crippen LogP contribution in [-0.2, 0) is 4.79 Å². The Hall–Kier alpha value is -1.91. The van der Waals surface area contributed by atoms with Gasteiger partial charge in [-0.1, -0.05) is 12.1 Å². The zero-order chi connectivity index (χ0) is 14.0. The van der Waals surface area contributed by atoms with Gasteiger partial charge in [0.05, 0.1) is 12.0 Å². The molecule has 1 atom stereocenters. The summed E-state index contributed by atoms with van der Waals surface area (Å²) in [4.78, 5) is 24.6. The van der Waals surface area contributed by atoms with Gasteiger partial charge in [-0.2, -0.15) is 0 Å². The van der Waals surface area contributed by atoms with Crippen molar-refractivity contribution in [2.45, 2.75) is 32.2 Å². The van der Waals surface area contributed by atoms with E-state index < -0.39 is 17.7 Å². The van der Waals surface area contributed by atoms with E-state index in [0.29, 0.717) is 18.5 Å². The minimum atomic E-state index is -0.936. The van der Waals surface area contributed by atoms with Gasteiger partial charge >= 0.3 is 5.97 Å². The maximum absolute atomic E-state index is 13.9. The van der Waals surface area contributed by atoms with Crippen molar-refractivity contribution in [3.63, 3.8) is 0 Å². The van der Waals surface area contributed by atoms with Crippen LogP contribution in [0.4, 0.5) is 4.39 Å². The third kappa shape index (κ3) is 2.75. The highest BCUT2D eigenvalue weighted by Gasteiger charge is 2.32. The number of benzene rings is 1. The van der Waals surface area contributed by atoms with Gasteiger partial charge in [-0.25, -0.2) is 4.39 Å². The number of carbonyl (C=O) groups excluding carboxylic acids is 1. The first kappa shape index (κ1) is 13.5. The average molecular weight is 265 g/mol. The molecule has 0 aliphatic carbocycles. The molecule has 1 aromatic carbocycles. The molecule has 1 N–H and O–H groups in total. The van der Waals surface area contributed by atoms with Crippen LogP contribution in [0, 0.1) is 12.7 Å². The normalized spacial score (nSPS) is 18.6. The van der Waals surface area contributed by atoms with Gasteiger partial charge in [0.2, 0.25) is 0 Å². The molecule has 1 aliphatic rings. The lowest BCUT2D eigenvalue weighted by molar-refractivity contribution is -0.137. The molecule has 1 amide bonds. The summed E-state index contributed by atoms with van der Waals surface area (Å²) in [5.74, 6) is -1.87. The maximum Gasteiger partial charge on any atom is 0.305 e. The predicted octanol–water partition coefficient (Wildman–Crippen LogP) is 2.21. The van der Waals surface area contributed by atoms with Crippen LogP contribution in [0.15, 0.2) is 18.2 Å². The van der Waals surface area contributed by atoms with Crippen molar-refractivity contribution in [3.05, 3.63) is 35.1 Å². The lowest BCUT2D eigenvalue weighted by Crippen LogP contribution is -2.37. The summed E-state index contributed by atoms with van der Waals surface area (Å²) in [7, 11) is 0. The molecule has 0 aromatic heterocycles. The van der Waals surface area contributed by atoms with E-state index in [1.165, 1.54) is 11.0 Å². The van der Waals surface area contributed by atoms with Gasteiger partial charge in [0.1, 0.15) is 5.82 Å². The number of aryl methyl sites for hydroxylation is 1. The van der Waals surface area contributed by atoms with Gasteiger partial charge in [-0.05, 0) is 31.4 Å².